The van der Waals surface area contributed by atoms with Gasteiger partial charge in [-0.05, 0) is 12.1 Å². The summed E-state index contributed by atoms with van der Waals surface area (Å²) in [4.78, 5) is 22.2. The van der Waals surface area contributed by atoms with E-state index in [1.54, 1.807) is 0 Å². The van der Waals surface area contributed by atoms with Crippen LogP contribution < -0.4 is 10.1 Å². The average Bonchev–Trinajstić information content (AvgIpc) is 2.81. The molecule has 10 heteroatoms. The van der Waals surface area contributed by atoms with Gasteiger partial charge >= 0.3 is 5.97 Å². The van der Waals surface area contributed by atoms with Crippen molar-refractivity contribution in [3.8, 4) is 11.5 Å². The Balaban J connectivity index is 2.10. The fraction of sp³-hybridized carbons (Fsp3) is 0.231. The molecular weight excluding hydrogens is 346 g/mol. The van der Waals surface area contributed by atoms with Crippen LogP contribution in [0.15, 0.2) is 22.3 Å². The number of amidine groups is 1. The Kier molecular flexibility index (Phi) is 5.45. The van der Waals surface area contributed by atoms with Crippen LogP contribution in [0.3, 0.4) is 0 Å². The zero-order chi connectivity index (χ0) is 17.0. The van der Waals surface area contributed by atoms with Crippen LogP contribution in [-0.4, -0.2) is 45.8 Å². The molecule has 1 aromatic carbocycles. The number of phenolic OH excluding ortho intramolecular Hbond substituents is 1. The van der Waals surface area contributed by atoms with Gasteiger partial charge in [0.1, 0.15) is 5.25 Å². The maximum atomic E-state index is 11.5. The number of benzene rings is 1. The number of thioether (sulfide) groups is 1. The first-order chi connectivity index (χ1) is 10.9. The summed E-state index contributed by atoms with van der Waals surface area (Å²) in [5.74, 6) is -1.47. The molecule has 1 aromatic rings. The van der Waals surface area contributed by atoms with Crippen LogP contribution in [0.1, 0.15) is 12.0 Å². The Labute approximate surface area is 140 Å². The summed E-state index contributed by atoms with van der Waals surface area (Å²) in [5, 5.41) is 28.0. The highest BCUT2D eigenvalue weighted by Crippen LogP contribution is 2.35. The number of amides is 1. The number of carbonyl (C=O) groups excluding carboxylic acids is 1. The monoisotopic (exact) mass is 357 g/mol. The number of methoxy groups -OCH3 is 1. The number of phenols is 1. The Bertz CT molecular complexity index is 707. The van der Waals surface area contributed by atoms with Gasteiger partial charge in [-0.15, -0.1) is 5.10 Å². The molecule has 1 saturated heterocycles. The highest BCUT2D eigenvalue weighted by atomic mass is 35.5. The van der Waals surface area contributed by atoms with Crippen LogP contribution in [0.5, 0.6) is 11.5 Å². The molecule has 1 amide bonds. The average molecular weight is 358 g/mol. The number of carboxylic acids is 1. The van der Waals surface area contributed by atoms with Crippen molar-refractivity contribution in [2.24, 2.45) is 10.2 Å². The van der Waals surface area contributed by atoms with E-state index in [9.17, 15) is 14.7 Å². The molecule has 1 heterocycles. The molecule has 3 N–H and O–H groups in total. The number of nitrogens with zero attached hydrogens (tertiary/aromatic N) is 2. The van der Waals surface area contributed by atoms with Crippen LogP contribution in [-0.2, 0) is 9.59 Å². The Hall–Kier alpha value is -2.26. The summed E-state index contributed by atoms with van der Waals surface area (Å²) in [6.45, 7) is 0. The number of halogens is 1. The maximum Gasteiger partial charge on any atom is 0.305 e. The van der Waals surface area contributed by atoms with Gasteiger partial charge in [-0.25, -0.2) is 0 Å². The largest absolute Gasteiger partial charge is 0.504 e. The van der Waals surface area contributed by atoms with Crippen molar-refractivity contribution in [3.05, 3.63) is 22.7 Å². The lowest BCUT2D eigenvalue weighted by atomic mass is 10.2. The highest BCUT2D eigenvalue weighted by molar-refractivity contribution is 8.15. The molecule has 8 nitrogen and oxygen atoms in total. The van der Waals surface area contributed by atoms with Crippen LogP contribution in [0.4, 0.5) is 0 Å². The zero-order valence-corrected chi connectivity index (χ0v) is 13.4. The second-order valence-electron chi connectivity index (χ2n) is 4.36. The number of aromatic hydroxyl groups is 1. The molecule has 122 valence electrons. The molecule has 0 saturated carbocycles. The number of carboxylic acid groups (broad SMARTS) is 1. The van der Waals surface area contributed by atoms with Gasteiger partial charge in [-0.1, -0.05) is 23.4 Å². The second kappa shape index (κ2) is 7.34. The summed E-state index contributed by atoms with van der Waals surface area (Å²) in [6.07, 6.45) is 1.04. The van der Waals surface area contributed by atoms with Crippen molar-refractivity contribution in [3.63, 3.8) is 0 Å². The van der Waals surface area contributed by atoms with Crippen molar-refractivity contribution in [1.82, 2.24) is 5.32 Å². The van der Waals surface area contributed by atoms with Gasteiger partial charge < -0.3 is 20.3 Å². The van der Waals surface area contributed by atoms with Crippen molar-refractivity contribution in [2.45, 2.75) is 11.7 Å². The van der Waals surface area contributed by atoms with Gasteiger partial charge in [0.15, 0.2) is 16.7 Å². The maximum absolute atomic E-state index is 11.5. The van der Waals surface area contributed by atoms with Crippen LogP contribution in [0, 0.1) is 0 Å². The molecule has 0 bridgehead atoms. The van der Waals surface area contributed by atoms with E-state index in [1.165, 1.54) is 25.5 Å². The Morgan fingerprint density at radius 1 is 1.57 bits per heavy atom. The number of aliphatic carboxylic acids is 1. The number of hydrogen-bond acceptors (Lipinski definition) is 7. The van der Waals surface area contributed by atoms with E-state index in [2.05, 4.69) is 15.5 Å². The Morgan fingerprint density at radius 2 is 2.30 bits per heavy atom. The summed E-state index contributed by atoms with van der Waals surface area (Å²) >= 11 is 7.04. The van der Waals surface area contributed by atoms with Crippen LogP contribution >= 0.6 is 23.4 Å². The standard InChI is InChI=1S/C13H12ClN3O5S/c1-22-11-7(18)3-2-6(10(11)14)5-15-17-13-16-12(21)8(23-13)4-9(19)20/h2-3,5,8,18H,4H2,1H3,(H,19,20)(H,16,17,21). The number of ether oxygens (including phenoxy) is 1. The first kappa shape index (κ1) is 17.1. The predicted octanol–water partition coefficient (Wildman–Crippen LogP) is 1.45. The van der Waals surface area contributed by atoms with Crippen LogP contribution in [0.2, 0.25) is 5.02 Å². The quantitative estimate of drug-likeness (QED) is 0.541. The van der Waals surface area contributed by atoms with E-state index in [0.717, 1.165) is 11.8 Å². The van der Waals surface area contributed by atoms with E-state index in [1.807, 2.05) is 0 Å². The minimum Gasteiger partial charge on any atom is -0.504 e. The molecule has 0 aliphatic carbocycles. The molecule has 1 atom stereocenters. The third kappa shape index (κ3) is 4.14. The molecule has 1 unspecified atom stereocenters. The van der Waals surface area contributed by atoms with Gasteiger partial charge in [-0.3, -0.25) is 9.59 Å². The number of rotatable bonds is 5. The lowest BCUT2D eigenvalue weighted by Crippen LogP contribution is -2.26. The van der Waals surface area contributed by atoms with Crippen molar-refractivity contribution in [1.29, 1.82) is 0 Å². The van der Waals surface area contributed by atoms with E-state index >= 15 is 0 Å². The highest BCUT2D eigenvalue weighted by Gasteiger charge is 2.32. The van der Waals surface area contributed by atoms with E-state index < -0.39 is 17.1 Å². The first-order valence-corrected chi connectivity index (χ1v) is 7.54. The lowest BCUT2D eigenvalue weighted by Gasteiger charge is -2.06. The zero-order valence-electron chi connectivity index (χ0n) is 11.8. The van der Waals surface area contributed by atoms with E-state index in [4.69, 9.17) is 21.4 Å². The summed E-state index contributed by atoms with van der Waals surface area (Å²) < 4.78 is 4.97. The molecule has 0 radical (unpaired) electrons. The number of hydrogen-bond donors (Lipinski definition) is 3. The van der Waals surface area contributed by atoms with E-state index in [-0.39, 0.29) is 28.1 Å². The first-order valence-electron chi connectivity index (χ1n) is 6.28. The second-order valence-corrected chi connectivity index (χ2v) is 5.93. The topological polar surface area (TPSA) is 121 Å². The molecule has 23 heavy (non-hydrogen) atoms. The third-order valence-electron chi connectivity index (χ3n) is 2.79. The smallest absolute Gasteiger partial charge is 0.305 e. The third-order valence-corrected chi connectivity index (χ3v) is 4.25. The Morgan fingerprint density at radius 3 is 2.96 bits per heavy atom. The normalized spacial score (nSPS) is 19.3. The molecule has 2 rings (SSSR count). The summed E-state index contributed by atoms with van der Waals surface area (Å²) in [6, 6.07) is 2.92. The fourth-order valence-corrected chi connectivity index (χ4v) is 2.94. The van der Waals surface area contributed by atoms with Gasteiger partial charge in [-0.2, -0.15) is 5.10 Å². The fourth-order valence-electron chi connectivity index (χ4n) is 1.74. The molecule has 1 aliphatic heterocycles. The molecule has 1 aliphatic rings. The minimum atomic E-state index is -1.06. The number of nitrogens with one attached hydrogen (secondary N) is 1. The van der Waals surface area contributed by atoms with Crippen molar-refractivity contribution in [2.75, 3.05) is 7.11 Å². The van der Waals surface area contributed by atoms with E-state index in [0.29, 0.717) is 5.56 Å². The van der Waals surface area contributed by atoms with Gasteiger partial charge in [0.05, 0.1) is 24.8 Å². The molecule has 0 spiro atoms. The van der Waals surface area contributed by atoms with Crippen LogP contribution in [0.25, 0.3) is 0 Å². The van der Waals surface area contributed by atoms with Gasteiger partial charge in [0.2, 0.25) is 5.91 Å². The molecular formula is C13H12ClN3O5S. The number of carbonyl (C=O) groups is 2. The van der Waals surface area contributed by atoms with Crippen molar-refractivity contribution >= 4 is 46.6 Å². The lowest BCUT2D eigenvalue weighted by molar-refractivity contribution is -0.138. The molecule has 0 aromatic heterocycles. The predicted molar refractivity (Wildman–Crippen MR) is 86.5 cm³/mol. The van der Waals surface area contributed by atoms with Gasteiger partial charge in [0, 0.05) is 5.56 Å². The molecule has 1 fully saturated rings. The summed E-state index contributed by atoms with van der Waals surface area (Å²) in [5.41, 5.74) is 0.460. The minimum absolute atomic E-state index is 0.101. The summed E-state index contributed by atoms with van der Waals surface area (Å²) in [7, 11) is 1.37. The SMILES string of the molecule is COc1c(O)ccc(C=NN=C2NC(=O)C(CC(=O)O)S2)c1Cl. The van der Waals surface area contributed by atoms with Crippen molar-refractivity contribution < 1.29 is 24.5 Å². The van der Waals surface area contributed by atoms with Gasteiger partial charge in [0.25, 0.3) is 0 Å².